The molecule has 170 valence electrons. The molecule has 1 heterocycles. The number of carbonyl (C=O) groups excluding carboxylic acids is 1. The summed E-state index contributed by atoms with van der Waals surface area (Å²) in [6.07, 6.45) is 0.705. The molecule has 3 aromatic rings. The third kappa shape index (κ3) is 5.92. The van der Waals surface area contributed by atoms with E-state index in [1.807, 2.05) is 13.8 Å². The molecule has 0 fully saturated rings. The van der Waals surface area contributed by atoms with Crippen LogP contribution in [0.5, 0.6) is 0 Å². The minimum Gasteiger partial charge on any atom is -0.379 e. The van der Waals surface area contributed by atoms with Crippen molar-refractivity contribution in [1.29, 1.82) is 0 Å². The Morgan fingerprint density at radius 3 is 2.62 bits per heavy atom. The number of thioether (sulfide) groups is 1. The van der Waals surface area contributed by atoms with Crippen LogP contribution in [0.15, 0.2) is 52.4 Å². The van der Waals surface area contributed by atoms with Gasteiger partial charge in [0.2, 0.25) is 5.91 Å². The lowest BCUT2D eigenvalue weighted by Gasteiger charge is -2.17. The highest BCUT2D eigenvalue weighted by Crippen LogP contribution is 2.24. The first-order chi connectivity index (χ1) is 15.3. The normalized spacial score (nSPS) is 12.3. The van der Waals surface area contributed by atoms with Crippen molar-refractivity contribution in [2.24, 2.45) is 0 Å². The number of nitrogens with one attached hydrogen (secondary N) is 1. The Bertz CT molecular complexity index is 1170. The lowest BCUT2D eigenvalue weighted by Crippen LogP contribution is -2.27. The molecule has 0 bridgehead atoms. The van der Waals surface area contributed by atoms with Crippen LogP contribution in [0.25, 0.3) is 10.9 Å². The summed E-state index contributed by atoms with van der Waals surface area (Å²) in [7, 11) is 0. The summed E-state index contributed by atoms with van der Waals surface area (Å²) >= 11 is 1.13. The molecule has 0 radical (unpaired) electrons. The molecular formula is C23H25F2N3O3S. The van der Waals surface area contributed by atoms with Crippen molar-refractivity contribution < 1.29 is 18.3 Å². The maximum Gasteiger partial charge on any atom is 0.262 e. The number of ether oxygens (including phenoxy) is 1. The van der Waals surface area contributed by atoms with E-state index in [9.17, 15) is 18.4 Å². The van der Waals surface area contributed by atoms with Gasteiger partial charge in [0.1, 0.15) is 0 Å². The molecule has 1 atom stereocenters. The highest BCUT2D eigenvalue weighted by atomic mass is 32.2. The Morgan fingerprint density at radius 1 is 1.16 bits per heavy atom. The summed E-state index contributed by atoms with van der Waals surface area (Å²) in [5.41, 5.74) is 0.509. The molecule has 2 aromatic carbocycles. The van der Waals surface area contributed by atoms with E-state index >= 15 is 0 Å². The van der Waals surface area contributed by atoms with E-state index in [1.165, 1.54) is 6.07 Å². The Labute approximate surface area is 189 Å². The summed E-state index contributed by atoms with van der Waals surface area (Å²) in [5, 5.41) is 2.83. The van der Waals surface area contributed by atoms with E-state index in [0.29, 0.717) is 35.6 Å². The number of hydrogen-bond donors (Lipinski definition) is 1. The van der Waals surface area contributed by atoms with E-state index in [-0.39, 0.29) is 17.4 Å². The van der Waals surface area contributed by atoms with Crippen LogP contribution >= 0.6 is 11.8 Å². The number of amides is 1. The van der Waals surface area contributed by atoms with Crippen LogP contribution < -0.4 is 10.9 Å². The number of carbonyl (C=O) groups is 1. The quantitative estimate of drug-likeness (QED) is 0.286. The second-order valence-corrected chi connectivity index (χ2v) is 8.83. The molecular weight excluding hydrogens is 436 g/mol. The fraction of sp³-hybridized carbons (Fsp3) is 0.348. The molecule has 9 heteroatoms. The monoisotopic (exact) mass is 461 g/mol. The molecule has 0 aliphatic rings. The number of hydrogen-bond acceptors (Lipinski definition) is 5. The van der Waals surface area contributed by atoms with Crippen molar-refractivity contribution in [3.8, 4) is 0 Å². The second kappa shape index (κ2) is 10.7. The summed E-state index contributed by atoms with van der Waals surface area (Å²) in [6, 6.07) is 10.2. The first-order valence-corrected chi connectivity index (χ1v) is 11.2. The Hall–Kier alpha value is -2.78. The fourth-order valence-electron chi connectivity index (χ4n) is 3.01. The summed E-state index contributed by atoms with van der Waals surface area (Å²) in [6.45, 7) is 6.43. The number of fused-ring (bicyclic) bond motifs is 1. The van der Waals surface area contributed by atoms with Crippen molar-refractivity contribution in [3.05, 3.63) is 64.5 Å². The Balaban J connectivity index is 1.81. The maximum atomic E-state index is 13.4. The predicted octanol–water partition coefficient (Wildman–Crippen LogP) is 4.61. The van der Waals surface area contributed by atoms with Gasteiger partial charge in [0.15, 0.2) is 16.8 Å². The molecule has 0 aliphatic carbocycles. The van der Waals surface area contributed by atoms with E-state index in [1.54, 1.807) is 35.8 Å². The number of halogens is 2. The molecule has 1 unspecified atom stereocenters. The van der Waals surface area contributed by atoms with Gasteiger partial charge in [-0.2, -0.15) is 0 Å². The average Bonchev–Trinajstić information content (AvgIpc) is 2.75. The second-order valence-electron chi connectivity index (χ2n) is 7.52. The van der Waals surface area contributed by atoms with E-state index in [4.69, 9.17) is 4.74 Å². The third-order valence-electron chi connectivity index (χ3n) is 4.64. The predicted molar refractivity (Wildman–Crippen MR) is 122 cm³/mol. The molecule has 0 saturated heterocycles. The lowest BCUT2D eigenvalue weighted by molar-refractivity contribution is -0.115. The third-order valence-corrected chi connectivity index (χ3v) is 5.73. The summed E-state index contributed by atoms with van der Waals surface area (Å²) in [5.74, 6) is -2.45. The minimum atomic E-state index is -1.04. The highest BCUT2D eigenvalue weighted by Gasteiger charge is 2.20. The van der Waals surface area contributed by atoms with Gasteiger partial charge in [-0.3, -0.25) is 14.2 Å². The number of anilines is 1. The molecule has 32 heavy (non-hydrogen) atoms. The van der Waals surface area contributed by atoms with Gasteiger partial charge in [0.05, 0.1) is 22.3 Å². The number of para-hydroxylation sites is 1. The Morgan fingerprint density at radius 2 is 1.91 bits per heavy atom. The average molecular weight is 462 g/mol. The van der Waals surface area contributed by atoms with Gasteiger partial charge in [0.25, 0.3) is 5.56 Å². The number of aromatic nitrogens is 2. The van der Waals surface area contributed by atoms with Crippen LogP contribution in [0.2, 0.25) is 0 Å². The van der Waals surface area contributed by atoms with Gasteiger partial charge in [-0.1, -0.05) is 23.9 Å². The number of rotatable bonds is 9. The van der Waals surface area contributed by atoms with E-state index in [2.05, 4.69) is 10.3 Å². The highest BCUT2D eigenvalue weighted by molar-refractivity contribution is 8.00. The zero-order chi connectivity index (χ0) is 23.3. The van der Waals surface area contributed by atoms with Gasteiger partial charge < -0.3 is 10.1 Å². The van der Waals surface area contributed by atoms with Crippen LogP contribution in [0.4, 0.5) is 14.5 Å². The van der Waals surface area contributed by atoms with Gasteiger partial charge in [-0.15, -0.1) is 0 Å². The van der Waals surface area contributed by atoms with Gasteiger partial charge in [0, 0.05) is 24.9 Å². The summed E-state index contributed by atoms with van der Waals surface area (Å²) < 4.78 is 33.7. The molecule has 0 aliphatic heterocycles. The van der Waals surface area contributed by atoms with Gasteiger partial charge >= 0.3 is 0 Å². The molecule has 0 spiro atoms. The topological polar surface area (TPSA) is 73.2 Å². The zero-order valence-electron chi connectivity index (χ0n) is 18.1. The van der Waals surface area contributed by atoms with Crippen LogP contribution in [0.1, 0.15) is 27.2 Å². The van der Waals surface area contributed by atoms with Crippen LogP contribution in [-0.2, 0) is 16.1 Å². The van der Waals surface area contributed by atoms with Gasteiger partial charge in [-0.25, -0.2) is 13.8 Å². The van der Waals surface area contributed by atoms with E-state index < -0.39 is 22.8 Å². The molecule has 1 aromatic heterocycles. The molecule has 6 nitrogen and oxygen atoms in total. The molecule has 0 saturated carbocycles. The van der Waals surface area contributed by atoms with Crippen molar-refractivity contribution in [2.45, 2.75) is 50.2 Å². The largest absolute Gasteiger partial charge is 0.379 e. The molecule has 1 amide bonds. The zero-order valence-corrected chi connectivity index (χ0v) is 18.9. The van der Waals surface area contributed by atoms with Crippen LogP contribution in [0.3, 0.4) is 0 Å². The van der Waals surface area contributed by atoms with Crippen molar-refractivity contribution in [1.82, 2.24) is 9.55 Å². The fourth-order valence-corrected chi connectivity index (χ4v) is 3.94. The number of benzene rings is 2. The summed E-state index contributed by atoms with van der Waals surface area (Å²) in [4.78, 5) is 30.3. The number of nitrogens with zero attached hydrogens (tertiary/aromatic N) is 2. The first-order valence-electron chi connectivity index (χ1n) is 10.3. The van der Waals surface area contributed by atoms with Crippen molar-refractivity contribution in [3.63, 3.8) is 0 Å². The van der Waals surface area contributed by atoms with Crippen molar-refractivity contribution >= 4 is 34.3 Å². The van der Waals surface area contributed by atoms with E-state index in [0.717, 1.165) is 23.9 Å². The molecule has 3 rings (SSSR count). The lowest BCUT2D eigenvalue weighted by atomic mass is 10.2. The van der Waals surface area contributed by atoms with Crippen LogP contribution in [0, 0.1) is 11.6 Å². The minimum absolute atomic E-state index is 0.0929. The maximum absolute atomic E-state index is 13.4. The van der Waals surface area contributed by atoms with Gasteiger partial charge in [-0.05, 0) is 51.5 Å². The molecule has 1 N–H and O–H groups in total. The standard InChI is InChI=1S/C23H25F2N3O3S/c1-14(2)31-12-6-11-28-22(30)17-7-4-5-8-20(17)27-23(28)32-15(3)21(29)26-16-9-10-18(24)19(25)13-16/h4-5,7-10,13-15H,6,11-12H2,1-3H3,(H,26,29). The first kappa shape index (κ1) is 23.9. The Kier molecular flexibility index (Phi) is 7.98. The van der Waals surface area contributed by atoms with Crippen molar-refractivity contribution in [2.75, 3.05) is 11.9 Å². The smallest absolute Gasteiger partial charge is 0.262 e. The SMILES string of the molecule is CC(C)OCCCn1c(SC(C)C(=O)Nc2ccc(F)c(F)c2)nc2ccccc2c1=O. The van der Waals surface area contributed by atoms with Crippen LogP contribution in [-0.4, -0.2) is 33.4 Å².